The summed E-state index contributed by atoms with van der Waals surface area (Å²) < 4.78 is 5.86. The Morgan fingerprint density at radius 2 is 1.61 bits per heavy atom. The zero-order valence-corrected chi connectivity index (χ0v) is 13.6. The number of aliphatic hydroxyl groups is 1. The molecular formula is C20H23NO2. The molecular weight excluding hydrogens is 286 g/mol. The molecule has 0 bridgehead atoms. The van der Waals surface area contributed by atoms with Crippen molar-refractivity contribution >= 4 is 5.90 Å². The highest BCUT2D eigenvalue weighted by molar-refractivity contribution is 5.91. The van der Waals surface area contributed by atoms with E-state index in [2.05, 4.69) is 13.8 Å². The van der Waals surface area contributed by atoms with Crippen molar-refractivity contribution in [2.24, 2.45) is 10.9 Å². The van der Waals surface area contributed by atoms with Gasteiger partial charge in [0, 0.05) is 0 Å². The first-order chi connectivity index (χ1) is 11.2. The Labute approximate surface area is 137 Å². The SMILES string of the molecule is CCC(C)[C@H]1COC(C(O)(c2ccccc2)c2ccccc2)=N1. The Morgan fingerprint density at radius 3 is 2.09 bits per heavy atom. The molecule has 3 heteroatoms. The minimum atomic E-state index is -1.34. The van der Waals surface area contributed by atoms with Crippen LogP contribution in [0.1, 0.15) is 31.4 Å². The molecule has 0 radical (unpaired) electrons. The largest absolute Gasteiger partial charge is 0.476 e. The van der Waals surface area contributed by atoms with E-state index in [0.717, 1.165) is 17.5 Å². The second-order valence-corrected chi connectivity index (χ2v) is 6.14. The van der Waals surface area contributed by atoms with Gasteiger partial charge in [0.2, 0.25) is 5.90 Å². The second kappa shape index (κ2) is 6.55. The van der Waals surface area contributed by atoms with Crippen LogP contribution in [0.3, 0.4) is 0 Å². The van der Waals surface area contributed by atoms with Crippen molar-refractivity contribution in [2.45, 2.75) is 31.9 Å². The predicted octanol–water partition coefficient (Wildman–Crippen LogP) is 3.77. The number of ether oxygens (including phenoxy) is 1. The molecule has 1 aliphatic rings. The van der Waals surface area contributed by atoms with E-state index in [1.54, 1.807) is 0 Å². The van der Waals surface area contributed by atoms with Crippen LogP contribution >= 0.6 is 0 Å². The first-order valence-electron chi connectivity index (χ1n) is 8.20. The number of hydrogen-bond acceptors (Lipinski definition) is 3. The lowest BCUT2D eigenvalue weighted by Crippen LogP contribution is -2.37. The number of rotatable bonds is 5. The minimum Gasteiger partial charge on any atom is -0.476 e. The molecule has 0 amide bonds. The molecule has 23 heavy (non-hydrogen) atoms. The molecule has 0 fully saturated rings. The Hall–Kier alpha value is -2.13. The van der Waals surface area contributed by atoms with Crippen LogP contribution in [0.25, 0.3) is 0 Å². The summed E-state index contributed by atoms with van der Waals surface area (Å²) in [5, 5.41) is 11.6. The average Bonchev–Trinajstić information content (AvgIpc) is 3.12. The first-order valence-corrected chi connectivity index (χ1v) is 8.20. The fourth-order valence-corrected chi connectivity index (χ4v) is 2.92. The molecule has 1 heterocycles. The van der Waals surface area contributed by atoms with Gasteiger partial charge >= 0.3 is 0 Å². The fourth-order valence-electron chi connectivity index (χ4n) is 2.92. The summed E-state index contributed by atoms with van der Waals surface area (Å²) in [6.07, 6.45) is 1.04. The van der Waals surface area contributed by atoms with Gasteiger partial charge < -0.3 is 9.84 Å². The summed E-state index contributed by atoms with van der Waals surface area (Å²) in [5.74, 6) is 0.837. The van der Waals surface area contributed by atoms with E-state index < -0.39 is 5.60 Å². The smallest absolute Gasteiger partial charge is 0.226 e. The summed E-state index contributed by atoms with van der Waals surface area (Å²) in [6, 6.07) is 19.3. The molecule has 0 saturated carbocycles. The van der Waals surface area contributed by atoms with Crippen molar-refractivity contribution < 1.29 is 9.84 Å². The molecule has 120 valence electrons. The maximum absolute atomic E-state index is 11.6. The third-order valence-electron chi connectivity index (χ3n) is 4.67. The average molecular weight is 309 g/mol. The van der Waals surface area contributed by atoms with Crippen LogP contribution in [0.5, 0.6) is 0 Å². The maximum Gasteiger partial charge on any atom is 0.226 e. The zero-order valence-electron chi connectivity index (χ0n) is 13.6. The van der Waals surface area contributed by atoms with Gasteiger partial charge in [-0.25, -0.2) is 4.99 Å². The molecule has 2 atom stereocenters. The molecule has 1 aliphatic heterocycles. The standard InChI is InChI=1S/C20H23NO2/c1-3-15(2)18-14-23-19(21-18)20(22,16-10-6-4-7-11-16)17-12-8-5-9-13-17/h4-13,15,18,22H,3,14H2,1-2H3/t15?,18-/m1/s1. The first kappa shape index (κ1) is 15.8. The number of nitrogens with zero attached hydrogens (tertiary/aromatic N) is 1. The van der Waals surface area contributed by atoms with E-state index in [0.29, 0.717) is 18.4 Å². The highest BCUT2D eigenvalue weighted by atomic mass is 16.5. The molecule has 2 aromatic carbocycles. The lowest BCUT2D eigenvalue weighted by Gasteiger charge is -2.28. The van der Waals surface area contributed by atoms with Crippen molar-refractivity contribution in [1.82, 2.24) is 0 Å². The Balaban J connectivity index is 2.07. The lowest BCUT2D eigenvalue weighted by atomic mass is 9.86. The van der Waals surface area contributed by atoms with Gasteiger partial charge in [-0.1, -0.05) is 80.9 Å². The minimum absolute atomic E-state index is 0.106. The Morgan fingerprint density at radius 1 is 1.09 bits per heavy atom. The quantitative estimate of drug-likeness (QED) is 0.913. The summed E-state index contributed by atoms with van der Waals surface area (Å²) in [7, 11) is 0. The van der Waals surface area contributed by atoms with Crippen LogP contribution in [-0.4, -0.2) is 23.7 Å². The third kappa shape index (κ3) is 2.89. The van der Waals surface area contributed by atoms with Crippen LogP contribution in [0, 0.1) is 5.92 Å². The van der Waals surface area contributed by atoms with E-state index in [4.69, 9.17) is 9.73 Å². The van der Waals surface area contributed by atoms with Crippen LogP contribution < -0.4 is 0 Å². The van der Waals surface area contributed by atoms with E-state index in [-0.39, 0.29) is 6.04 Å². The predicted molar refractivity (Wildman–Crippen MR) is 92.5 cm³/mol. The van der Waals surface area contributed by atoms with Gasteiger partial charge in [0.15, 0.2) is 5.60 Å². The summed E-state index contributed by atoms with van der Waals surface area (Å²) in [4.78, 5) is 4.73. The van der Waals surface area contributed by atoms with Gasteiger partial charge in [0.1, 0.15) is 6.61 Å². The Bertz CT molecular complexity index is 627. The number of benzene rings is 2. The van der Waals surface area contributed by atoms with E-state index in [1.165, 1.54) is 0 Å². The van der Waals surface area contributed by atoms with Crippen molar-refractivity contribution in [3.8, 4) is 0 Å². The molecule has 0 aliphatic carbocycles. The van der Waals surface area contributed by atoms with Crippen LogP contribution in [0.2, 0.25) is 0 Å². The fraction of sp³-hybridized carbons (Fsp3) is 0.350. The van der Waals surface area contributed by atoms with Crippen molar-refractivity contribution in [1.29, 1.82) is 0 Å². The molecule has 0 saturated heterocycles. The van der Waals surface area contributed by atoms with Gasteiger partial charge in [-0.15, -0.1) is 0 Å². The molecule has 2 aromatic rings. The molecule has 1 unspecified atom stereocenters. The van der Waals surface area contributed by atoms with Gasteiger partial charge in [0.05, 0.1) is 6.04 Å². The summed E-state index contributed by atoms with van der Waals surface area (Å²) in [5.41, 5.74) is 0.203. The molecule has 0 aromatic heterocycles. The van der Waals surface area contributed by atoms with Gasteiger partial charge in [0.25, 0.3) is 0 Å². The van der Waals surface area contributed by atoms with E-state index in [1.807, 2.05) is 60.7 Å². The monoisotopic (exact) mass is 309 g/mol. The van der Waals surface area contributed by atoms with Crippen LogP contribution in [0.4, 0.5) is 0 Å². The topological polar surface area (TPSA) is 41.8 Å². The van der Waals surface area contributed by atoms with E-state index >= 15 is 0 Å². The van der Waals surface area contributed by atoms with E-state index in [9.17, 15) is 5.11 Å². The van der Waals surface area contributed by atoms with Crippen molar-refractivity contribution in [3.63, 3.8) is 0 Å². The maximum atomic E-state index is 11.6. The van der Waals surface area contributed by atoms with Crippen LogP contribution in [0.15, 0.2) is 65.7 Å². The van der Waals surface area contributed by atoms with Gasteiger partial charge in [-0.2, -0.15) is 0 Å². The zero-order chi connectivity index (χ0) is 16.3. The lowest BCUT2D eigenvalue weighted by molar-refractivity contribution is 0.121. The third-order valence-corrected chi connectivity index (χ3v) is 4.67. The van der Waals surface area contributed by atoms with Crippen molar-refractivity contribution in [2.75, 3.05) is 6.61 Å². The normalized spacial score (nSPS) is 19.1. The second-order valence-electron chi connectivity index (χ2n) is 6.14. The van der Waals surface area contributed by atoms with Gasteiger partial charge in [-0.05, 0) is 17.0 Å². The summed E-state index contributed by atoms with van der Waals surface area (Å²) >= 11 is 0. The highest BCUT2D eigenvalue weighted by Crippen LogP contribution is 2.34. The van der Waals surface area contributed by atoms with Crippen molar-refractivity contribution in [3.05, 3.63) is 71.8 Å². The van der Waals surface area contributed by atoms with Crippen LogP contribution in [-0.2, 0) is 10.3 Å². The number of aliphatic imine (C=N–C) groups is 1. The number of hydrogen-bond donors (Lipinski definition) is 1. The van der Waals surface area contributed by atoms with Gasteiger partial charge in [-0.3, -0.25) is 0 Å². The molecule has 1 N–H and O–H groups in total. The summed E-state index contributed by atoms with van der Waals surface area (Å²) in [6.45, 7) is 4.86. The molecule has 0 spiro atoms. The highest BCUT2D eigenvalue weighted by Gasteiger charge is 2.42. The molecule has 3 rings (SSSR count). The Kier molecular flexibility index (Phi) is 4.49. The molecule has 3 nitrogen and oxygen atoms in total.